The molecule has 0 aromatic heterocycles. The Morgan fingerprint density at radius 3 is 1.73 bits per heavy atom. The Labute approximate surface area is 168 Å². The number of anilines is 1. The van der Waals surface area contributed by atoms with E-state index in [1.165, 1.54) is 9.79 Å². The average molecular weight is 402 g/mol. The van der Waals surface area contributed by atoms with Crippen LogP contribution in [0.5, 0.6) is 0 Å². The van der Waals surface area contributed by atoms with Crippen LogP contribution < -0.4 is 5.32 Å². The van der Waals surface area contributed by atoms with Crippen molar-refractivity contribution in [2.24, 2.45) is 0 Å². The highest BCUT2D eigenvalue weighted by atomic mass is 35.5. The van der Waals surface area contributed by atoms with E-state index in [9.17, 15) is 5.11 Å². The number of nitrogens with one attached hydrogen (secondary N) is 1. The predicted octanol–water partition coefficient (Wildman–Crippen LogP) is 6.00. The summed E-state index contributed by atoms with van der Waals surface area (Å²) in [6.45, 7) is 0.429. The number of aliphatic hydroxyl groups excluding tert-OH is 1. The van der Waals surface area contributed by atoms with Crippen LogP contribution in [-0.2, 0) is 0 Å². The van der Waals surface area contributed by atoms with Gasteiger partial charge in [-0.3, -0.25) is 0 Å². The summed E-state index contributed by atoms with van der Waals surface area (Å²) < 4.78 is 0. The van der Waals surface area contributed by atoms with Crippen LogP contribution in [0.15, 0.2) is 98.4 Å². The van der Waals surface area contributed by atoms with Gasteiger partial charge in [0.05, 0.1) is 12.0 Å². The highest BCUT2D eigenvalue weighted by molar-refractivity contribution is 8.00. The van der Waals surface area contributed by atoms with Crippen LogP contribution in [0.3, 0.4) is 0 Å². The molecule has 0 amide bonds. The van der Waals surface area contributed by atoms with Crippen LogP contribution in [0.25, 0.3) is 0 Å². The van der Waals surface area contributed by atoms with Gasteiger partial charge in [-0.2, -0.15) is 0 Å². The van der Waals surface area contributed by atoms with Gasteiger partial charge in [0.15, 0.2) is 0 Å². The number of hydrogen-bond donors (Lipinski definition) is 2. The number of alkyl halides is 1. The normalized spacial score (nSPS) is 11.9. The molecule has 0 saturated carbocycles. The van der Waals surface area contributed by atoms with Crippen molar-refractivity contribution in [3.63, 3.8) is 0 Å². The highest BCUT2D eigenvalue weighted by Gasteiger charge is 2.07. The van der Waals surface area contributed by atoms with Gasteiger partial charge in [-0.1, -0.05) is 59.9 Å². The molecule has 0 fully saturated rings. The van der Waals surface area contributed by atoms with Gasteiger partial charge in [-0.05, 0) is 42.5 Å². The fourth-order valence-corrected chi connectivity index (χ4v) is 4.39. The van der Waals surface area contributed by atoms with E-state index in [0.717, 1.165) is 15.5 Å². The monoisotopic (exact) mass is 401 g/mol. The molecular formula is C21H20ClNOS2. The minimum absolute atomic E-state index is 0.219. The Hall–Kier alpha value is -1.59. The zero-order valence-corrected chi connectivity index (χ0v) is 16.5. The smallest absolute Gasteiger partial charge is 0.0847 e. The van der Waals surface area contributed by atoms with Gasteiger partial charge >= 0.3 is 0 Å². The van der Waals surface area contributed by atoms with Crippen LogP contribution in [0, 0.1) is 0 Å². The average Bonchev–Trinajstić information content (AvgIpc) is 2.67. The molecule has 3 aromatic rings. The van der Waals surface area contributed by atoms with Crippen molar-refractivity contribution in [2.75, 3.05) is 17.7 Å². The number of rotatable bonds is 8. The standard InChI is InChI=1S/C21H20ClNOS2/c22-14-17(24)15-23-16-11-20(25-18-7-3-1-4-8-18)13-21(12-16)26-19-9-5-2-6-10-19/h1-13,17,23-24H,14-15H2. The van der Waals surface area contributed by atoms with E-state index in [1.807, 2.05) is 36.4 Å². The van der Waals surface area contributed by atoms with Gasteiger partial charge < -0.3 is 10.4 Å². The number of halogens is 1. The van der Waals surface area contributed by atoms with E-state index in [0.29, 0.717) is 6.54 Å². The first kappa shape index (κ1) is 19.2. The lowest BCUT2D eigenvalue weighted by Gasteiger charge is -2.13. The van der Waals surface area contributed by atoms with Crippen molar-refractivity contribution in [2.45, 2.75) is 25.7 Å². The topological polar surface area (TPSA) is 32.3 Å². The lowest BCUT2D eigenvalue weighted by Crippen LogP contribution is -2.20. The van der Waals surface area contributed by atoms with Gasteiger partial charge in [-0.25, -0.2) is 0 Å². The Bertz CT molecular complexity index is 755. The summed E-state index contributed by atoms with van der Waals surface area (Å²) in [7, 11) is 0. The molecule has 2 N–H and O–H groups in total. The second-order valence-electron chi connectivity index (χ2n) is 5.71. The molecule has 1 atom stereocenters. The molecular weight excluding hydrogens is 382 g/mol. The summed E-state index contributed by atoms with van der Waals surface area (Å²) in [5, 5.41) is 13.0. The van der Waals surface area contributed by atoms with Crippen molar-refractivity contribution < 1.29 is 5.11 Å². The van der Waals surface area contributed by atoms with E-state index in [2.05, 4.69) is 47.8 Å². The molecule has 2 nitrogen and oxygen atoms in total. The lowest BCUT2D eigenvalue weighted by molar-refractivity contribution is 0.211. The highest BCUT2D eigenvalue weighted by Crippen LogP contribution is 2.36. The summed E-state index contributed by atoms with van der Waals surface area (Å²) in [6.07, 6.45) is -0.563. The van der Waals surface area contributed by atoms with Crippen molar-refractivity contribution in [3.05, 3.63) is 78.9 Å². The Morgan fingerprint density at radius 2 is 1.27 bits per heavy atom. The number of hydrogen-bond acceptors (Lipinski definition) is 4. The summed E-state index contributed by atoms with van der Waals surface area (Å²) in [5.41, 5.74) is 0.980. The third-order valence-corrected chi connectivity index (χ3v) is 5.87. The van der Waals surface area contributed by atoms with Crippen LogP contribution >= 0.6 is 35.1 Å². The number of benzene rings is 3. The van der Waals surface area contributed by atoms with Gasteiger partial charge in [0, 0.05) is 31.8 Å². The second kappa shape index (κ2) is 9.93. The van der Waals surface area contributed by atoms with Gasteiger partial charge in [0.2, 0.25) is 0 Å². The van der Waals surface area contributed by atoms with Crippen molar-refractivity contribution >= 4 is 40.8 Å². The van der Waals surface area contributed by atoms with Gasteiger partial charge in [-0.15, -0.1) is 11.6 Å². The summed E-state index contributed by atoms with van der Waals surface area (Å²) in [4.78, 5) is 4.70. The van der Waals surface area contributed by atoms with Crippen LogP contribution in [-0.4, -0.2) is 23.6 Å². The molecule has 0 radical (unpaired) electrons. The summed E-state index contributed by atoms with van der Waals surface area (Å²) in [5.74, 6) is 0.219. The fraction of sp³-hybridized carbons (Fsp3) is 0.143. The van der Waals surface area contributed by atoms with Crippen LogP contribution in [0.4, 0.5) is 5.69 Å². The fourth-order valence-electron chi connectivity index (χ4n) is 2.33. The summed E-state index contributed by atoms with van der Waals surface area (Å²) in [6, 6.07) is 27.0. The van der Waals surface area contributed by atoms with Crippen LogP contribution in [0.1, 0.15) is 0 Å². The van der Waals surface area contributed by atoms with E-state index < -0.39 is 6.10 Å². The molecule has 0 aliphatic rings. The number of aliphatic hydroxyl groups is 1. The zero-order valence-electron chi connectivity index (χ0n) is 14.1. The minimum atomic E-state index is -0.563. The van der Waals surface area contributed by atoms with Crippen molar-refractivity contribution in [1.82, 2.24) is 0 Å². The quantitative estimate of drug-likeness (QED) is 0.453. The first-order valence-corrected chi connectivity index (χ1v) is 10.5. The van der Waals surface area contributed by atoms with E-state index in [-0.39, 0.29) is 5.88 Å². The Kier molecular flexibility index (Phi) is 7.32. The third kappa shape index (κ3) is 5.99. The van der Waals surface area contributed by atoms with E-state index in [4.69, 9.17) is 11.6 Å². The first-order chi connectivity index (χ1) is 12.7. The molecule has 0 aliphatic carbocycles. The van der Waals surface area contributed by atoms with Crippen molar-refractivity contribution in [1.29, 1.82) is 0 Å². The molecule has 0 saturated heterocycles. The third-order valence-electron chi connectivity index (χ3n) is 3.56. The largest absolute Gasteiger partial charge is 0.390 e. The maximum Gasteiger partial charge on any atom is 0.0847 e. The maximum atomic E-state index is 9.72. The predicted molar refractivity (Wildman–Crippen MR) is 113 cm³/mol. The molecule has 0 bridgehead atoms. The minimum Gasteiger partial charge on any atom is -0.390 e. The van der Waals surface area contributed by atoms with Gasteiger partial charge in [0.1, 0.15) is 0 Å². The van der Waals surface area contributed by atoms with E-state index in [1.54, 1.807) is 23.5 Å². The van der Waals surface area contributed by atoms with Crippen molar-refractivity contribution in [3.8, 4) is 0 Å². The SMILES string of the molecule is OC(CCl)CNc1cc(Sc2ccccc2)cc(Sc2ccccc2)c1. The Balaban J connectivity index is 1.83. The molecule has 3 rings (SSSR count). The maximum absolute atomic E-state index is 9.72. The van der Waals surface area contributed by atoms with Crippen LogP contribution in [0.2, 0.25) is 0 Å². The molecule has 3 aromatic carbocycles. The second-order valence-corrected chi connectivity index (χ2v) is 8.31. The molecule has 5 heteroatoms. The summed E-state index contributed by atoms with van der Waals surface area (Å²) >= 11 is 9.15. The zero-order chi connectivity index (χ0) is 18.2. The molecule has 0 aliphatic heterocycles. The molecule has 0 heterocycles. The Morgan fingerprint density at radius 1 is 0.769 bits per heavy atom. The first-order valence-electron chi connectivity index (χ1n) is 8.32. The molecule has 134 valence electrons. The molecule has 26 heavy (non-hydrogen) atoms. The molecule has 1 unspecified atom stereocenters. The van der Waals surface area contributed by atoms with E-state index >= 15 is 0 Å². The lowest BCUT2D eigenvalue weighted by atomic mass is 10.3. The molecule has 0 spiro atoms. The van der Waals surface area contributed by atoms with Gasteiger partial charge in [0.25, 0.3) is 0 Å².